The van der Waals surface area contributed by atoms with Gasteiger partial charge in [0.2, 0.25) is 0 Å². The number of sulfone groups is 2. The third kappa shape index (κ3) is 1.37. The van der Waals surface area contributed by atoms with Crippen LogP contribution in [0.5, 0.6) is 0 Å². The first kappa shape index (κ1) is 9.98. The molecule has 1 aliphatic heterocycles. The van der Waals surface area contributed by atoms with Gasteiger partial charge in [-0.2, -0.15) is 0 Å². The van der Waals surface area contributed by atoms with Crippen LogP contribution in [-0.4, -0.2) is 26.5 Å². The molecule has 4 nitrogen and oxygen atoms in total. The Kier molecular flexibility index (Phi) is 2.24. The van der Waals surface area contributed by atoms with E-state index in [1.54, 1.807) is 13.8 Å². The molecule has 12 heavy (non-hydrogen) atoms. The quantitative estimate of drug-likeness (QED) is 0.654. The summed E-state index contributed by atoms with van der Waals surface area (Å²) in [6.45, 7) is 3.44. The number of rotatable bonds is 2. The predicted octanol–water partition coefficient (Wildman–Crippen LogP) is 0.159. The van der Waals surface area contributed by atoms with Crippen molar-refractivity contribution in [1.82, 2.24) is 0 Å². The molecule has 6 heteroatoms. The summed E-state index contributed by atoms with van der Waals surface area (Å²) in [7, 11) is -6.66. The molecular formula is C6H12O4S2. The maximum atomic E-state index is 11.1. The summed E-state index contributed by atoms with van der Waals surface area (Å²) < 4.78 is 43.1. The van der Waals surface area contributed by atoms with Gasteiger partial charge in [0.1, 0.15) is 0 Å². The lowest BCUT2D eigenvalue weighted by Gasteiger charge is -2.30. The average Bonchev–Trinajstić information content (AvgIpc) is 1.82. The smallest absolute Gasteiger partial charge is 0.182 e. The summed E-state index contributed by atoms with van der Waals surface area (Å²) in [6.07, 6.45) is 0.573. The van der Waals surface area contributed by atoms with E-state index < -0.39 is 29.3 Å². The van der Waals surface area contributed by atoms with E-state index in [2.05, 4.69) is 0 Å². The van der Waals surface area contributed by atoms with E-state index >= 15 is 0 Å². The third-order valence-electron chi connectivity index (χ3n) is 2.14. The first-order valence-electron chi connectivity index (χ1n) is 3.74. The number of hydrogen-bond donors (Lipinski definition) is 0. The zero-order chi connectivity index (χ0) is 9.57. The van der Waals surface area contributed by atoms with E-state index in [-0.39, 0.29) is 5.92 Å². The summed E-state index contributed by atoms with van der Waals surface area (Å²) in [5, 5.41) is -0.658. The van der Waals surface area contributed by atoms with E-state index in [1.165, 1.54) is 0 Å². The highest BCUT2D eigenvalue weighted by atomic mass is 32.3. The van der Waals surface area contributed by atoms with Crippen molar-refractivity contribution in [3.05, 3.63) is 0 Å². The molecule has 1 unspecified atom stereocenters. The molecule has 1 saturated heterocycles. The molecule has 0 amide bonds. The number of hydrogen-bond acceptors (Lipinski definition) is 4. The SMILES string of the molecule is CCC(C)C1S(=O)(=O)CS1(=O)=O. The molecule has 0 bridgehead atoms. The summed E-state index contributed by atoms with van der Waals surface area (Å²) in [5.74, 6) is -0.284. The van der Waals surface area contributed by atoms with Gasteiger partial charge in [-0.1, -0.05) is 20.3 Å². The molecule has 72 valence electrons. The Morgan fingerprint density at radius 1 is 1.25 bits per heavy atom. The largest absolute Gasteiger partial charge is 0.226 e. The summed E-state index contributed by atoms with van der Waals surface area (Å²) in [5.41, 5.74) is 0. The molecule has 1 fully saturated rings. The van der Waals surface area contributed by atoms with Gasteiger partial charge < -0.3 is 0 Å². The minimum atomic E-state index is -3.33. The topological polar surface area (TPSA) is 68.3 Å². The Bertz CT molecular complexity index is 332. The van der Waals surface area contributed by atoms with Gasteiger partial charge in [-0.05, 0) is 5.92 Å². The van der Waals surface area contributed by atoms with Gasteiger partial charge >= 0.3 is 0 Å². The molecule has 0 aromatic rings. The highest BCUT2D eigenvalue weighted by Crippen LogP contribution is 2.32. The molecule has 0 radical (unpaired) electrons. The van der Waals surface area contributed by atoms with Crippen LogP contribution in [0.15, 0.2) is 0 Å². The van der Waals surface area contributed by atoms with Crippen LogP contribution in [-0.2, 0) is 19.7 Å². The molecule has 0 aromatic carbocycles. The highest BCUT2D eigenvalue weighted by Gasteiger charge is 2.53. The van der Waals surface area contributed by atoms with Crippen LogP contribution >= 0.6 is 0 Å². The maximum Gasteiger partial charge on any atom is 0.182 e. The standard InChI is InChI=1S/C6H12O4S2/c1-3-5(2)6-11(7,8)4-12(6,9)10/h5-6H,3-4H2,1-2H3. The third-order valence-corrected chi connectivity index (χ3v) is 8.88. The van der Waals surface area contributed by atoms with Crippen LogP contribution in [0.4, 0.5) is 0 Å². The van der Waals surface area contributed by atoms with Gasteiger partial charge in [0, 0.05) is 0 Å². The van der Waals surface area contributed by atoms with Crippen molar-refractivity contribution in [1.29, 1.82) is 0 Å². The Balaban J connectivity index is 3.02. The van der Waals surface area contributed by atoms with Crippen LogP contribution < -0.4 is 0 Å². The zero-order valence-corrected chi connectivity index (χ0v) is 8.65. The molecule has 0 aromatic heterocycles. The molecule has 1 aliphatic rings. The van der Waals surface area contributed by atoms with Crippen molar-refractivity contribution in [3.8, 4) is 0 Å². The summed E-state index contributed by atoms with van der Waals surface area (Å²) in [6, 6.07) is 0. The molecule has 1 rings (SSSR count). The fourth-order valence-electron chi connectivity index (χ4n) is 1.41. The highest BCUT2D eigenvalue weighted by molar-refractivity contribution is 8.24. The molecule has 1 atom stereocenters. The first-order valence-corrected chi connectivity index (χ1v) is 7.17. The van der Waals surface area contributed by atoms with E-state index in [0.29, 0.717) is 6.42 Å². The second-order valence-electron chi connectivity index (χ2n) is 3.20. The fourth-order valence-corrected chi connectivity index (χ4v) is 7.30. The zero-order valence-electron chi connectivity index (χ0n) is 7.02. The lowest BCUT2D eigenvalue weighted by atomic mass is 10.2. The molecule has 0 aliphatic carbocycles. The Labute approximate surface area is 72.8 Å². The van der Waals surface area contributed by atoms with Gasteiger partial charge in [-0.3, -0.25) is 0 Å². The first-order chi connectivity index (χ1) is 5.31. The Morgan fingerprint density at radius 2 is 1.67 bits per heavy atom. The minimum Gasteiger partial charge on any atom is -0.226 e. The fraction of sp³-hybridized carbons (Fsp3) is 1.00. The second kappa shape index (κ2) is 2.70. The Hall–Kier alpha value is -0.100. The van der Waals surface area contributed by atoms with E-state index in [1.807, 2.05) is 0 Å². The molecule has 0 spiro atoms. The molecule has 1 heterocycles. The molecule has 0 saturated carbocycles. The van der Waals surface area contributed by atoms with Crippen molar-refractivity contribution in [2.24, 2.45) is 5.92 Å². The predicted molar refractivity (Wildman–Crippen MR) is 45.9 cm³/mol. The van der Waals surface area contributed by atoms with Crippen LogP contribution in [0.25, 0.3) is 0 Å². The van der Waals surface area contributed by atoms with E-state index in [9.17, 15) is 16.8 Å². The van der Waals surface area contributed by atoms with Crippen molar-refractivity contribution in [2.45, 2.75) is 24.9 Å². The summed E-state index contributed by atoms with van der Waals surface area (Å²) in [4.78, 5) is 0. The van der Waals surface area contributed by atoms with Crippen molar-refractivity contribution >= 4 is 19.7 Å². The molecular weight excluding hydrogens is 200 g/mol. The van der Waals surface area contributed by atoms with Crippen LogP contribution in [0.2, 0.25) is 0 Å². The van der Waals surface area contributed by atoms with Crippen LogP contribution in [0.1, 0.15) is 20.3 Å². The van der Waals surface area contributed by atoms with E-state index in [4.69, 9.17) is 0 Å². The van der Waals surface area contributed by atoms with Gasteiger partial charge in [-0.15, -0.1) is 0 Å². The van der Waals surface area contributed by atoms with Crippen LogP contribution in [0.3, 0.4) is 0 Å². The lowest BCUT2D eigenvalue weighted by Crippen LogP contribution is -2.50. The van der Waals surface area contributed by atoms with Gasteiger partial charge in [0.15, 0.2) is 29.3 Å². The van der Waals surface area contributed by atoms with Gasteiger partial charge in [0.25, 0.3) is 0 Å². The average molecular weight is 212 g/mol. The lowest BCUT2D eigenvalue weighted by molar-refractivity contribution is 0.512. The van der Waals surface area contributed by atoms with E-state index in [0.717, 1.165) is 0 Å². The monoisotopic (exact) mass is 212 g/mol. The maximum absolute atomic E-state index is 11.1. The normalized spacial score (nSPS) is 29.2. The second-order valence-corrected chi connectivity index (χ2v) is 8.11. The van der Waals surface area contributed by atoms with Crippen molar-refractivity contribution in [2.75, 3.05) is 5.08 Å². The van der Waals surface area contributed by atoms with Gasteiger partial charge in [-0.25, -0.2) is 16.8 Å². The van der Waals surface area contributed by atoms with Crippen molar-refractivity contribution < 1.29 is 16.8 Å². The molecule has 0 N–H and O–H groups in total. The summed E-state index contributed by atoms with van der Waals surface area (Å²) >= 11 is 0. The minimum absolute atomic E-state index is 0.284. The Morgan fingerprint density at radius 3 is 1.83 bits per heavy atom. The van der Waals surface area contributed by atoms with Crippen LogP contribution in [0, 0.1) is 5.92 Å². The van der Waals surface area contributed by atoms with Crippen molar-refractivity contribution in [3.63, 3.8) is 0 Å². The van der Waals surface area contributed by atoms with Gasteiger partial charge in [0.05, 0.1) is 0 Å².